The van der Waals surface area contributed by atoms with Gasteiger partial charge in [0.05, 0.1) is 28.4 Å². The van der Waals surface area contributed by atoms with Crippen molar-refractivity contribution in [1.29, 1.82) is 0 Å². The maximum Gasteiger partial charge on any atom is 0.212 e. The number of rotatable bonds is 12. The molecule has 5 rings (SSSR count). The van der Waals surface area contributed by atoms with Crippen LogP contribution in [0.3, 0.4) is 0 Å². The second-order valence-electron chi connectivity index (χ2n) is 10.2. The average molecular weight is 557 g/mol. The van der Waals surface area contributed by atoms with E-state index in [9.17, 15) is 0 Å². The zero-order valence-electron chi connectivity index (χ0n) is 23.9. The molecular formula is C34H36O7. The molecule has 0 N–H and O–H groups in total. The molecular weight excluding hydrogens is 520 g/mol. The van der Waals surface area contributed by atoms with E-state index in [1.54, 1.807) is 28.4 Å². The molecule has 0 amide bonds. The summed E-state index contributed by atoms with van der Waals surface area (Å²) in [4.78, 5) is 12.6. The molecule has 0 unspecified atom stereocenters. The van der Waals surface area contributed by atoms with Gasteiger partial charge in [0.1, 0.15) is 23.0 Å². The van der Waals surface area contributed by atoms with Crippen LogP contribution in [0.1, 0.15) is 22.3 Å². The van der Waals surface area contributed by atoms with Crippen molar-refractivity contribution >= 4 is 0 Å². The van der Waals surface area contributed by atoms with Gasteiger partial charge in [-0.05, 0) is 70.8 Å². The number of methoxy groups -OCH3 is 4. The maximum atomic E-state index is 7.04. The van der Waals surface area contributed by atoms with E-state index in [-0.39, 0.29) is 0 Å². The van der Waals surface area contributed by atoms with Crippen LogP contribution in [0.15, 0.2) is 97.1 Å². The highest BCUT2D eigenvalue weighted by Crippen LogP contribution is 2.42. The van der Waals surface area contributed by atoms with Crippen molar-refractivity contribution < 1.29 is 33.5 Å². The molecule has 4 aromatic carbocycles. The molecule has 0 aromatic heterocycles. The van der Waals surface area contributed by atoms with Gasteiger partial charge in [-0.25, -0.2) is 0 Å². The standard InChI is InChI=1S/C34H36O7/c1-35-29-13-5-9-25(17-29)21-33(22-26-10-6-14-30(18-26)36-2)39-34(41-40-33,23-27-11-7-15-31(19-27)37-3)24-28-12-8-16-32(20-28)38-4/h5-20H,21-24H2,1-4H3. The van der Waals surface area contributed by atoms with Gasteiger partial charge < -0.3 is 23.7 Å². The smallest absolute Gasteiger partial charge is 0.212 e. The highest BCUT2D eigenvalue weighted by molar-refractivity contribution is 5.34. The predicted molar refractivity (Wildman–Crippen MR) is 156 cm³/mol. The van der Waals surface area contributed by atoms with E-state index >= 15 is 0 Å². The van der Waals surface area contributed by atoms with Gasteiger partial charge >= 0.3 is 0 Å². The van der Waals surface area contributed by atoms with Gasteiger partial charge in [-0.1, -0.05) is 48.5 Å². The lowest BCUT2D eigenvalue weighted by atomic mass is 9.94. The van der Waals surface area contributed by atoms with Crippen LogP contribution in [0.5, 0.6) is 23.0 Å². The van der Waals surface area contributed by atoms with Gasteiger partial charge in [0.25, 0.3) is 0 Å². The second-order valence-corrected chi connectivity index (χ2v) is 10.2. The fourth-order valence-corrected chi connectivity index (χ4v) is 5.29. The molecule has 214 valence electrons. The summed E-state index contributed by atoms with van der Waals surface area (Å²) < 4.78 is 29.0. The first-order valence-corrected chi connectivity index (χ1v) is 13.5. The second kappa shape index (κ2) is 12.6. The minimum absolute atomic E-state index is 0.430. The first-order valence-electron chi connectivity index (χ1n) is 13.5. The molecule has 0 saturated carbocycles. The van der Waals surface area contributed by atoms with Gasteiger partial charge in [0.2, 0.25) is 11.6 Å². The minimum atomic E-state index is -1.13. The minimum Gasteiger partial charge on any atom is -0.497 e. The number of hydrogen-bond acceptors (Lipinski definition) is 7. The van der Waals surface area contributed by atoms with Gasteiger partial charge in [-0.15, -0.1) is 0 Å². The van der Waals surface area contributed by atoms with Crippen LogP contribution in [0, 0.1) is 0 Å². The Kier molecular flexibility index (Phi) is 8.78. The van der Waals surface area contributed by atoms with E-state index in [1.165, 1.54) is 0 Å². The highest BCUT2D eigenvalue weighted by atomic mass is 17.3. The molecule has 1 heterocycles. The molecule has 1 fully saturated rings. The van der Waals surface area contributed by atoms with Crippen LogP contribution in [0.4, 0.5) is 0 Å². The number of benzene rings is 4. The largest absolute Gasteiger partial charge is 0.497 e. The Balaban J connectivity index is 1.54. The Morgan fingerprint density at radius 1 is 0.439 bits per heavy atom. The number of ether oxygens (including phenoxy) is 5. The van der Waals surface area contributed by atoms with E-state index in [4.69, 9.17) is 33.5 Å². The van der Waals surface area contributed by atoms with Gasteiger partial charge in [0, 0.05) is 25.7 Å². The molecule has 1 aliphatic heterocycles. The van der Waals surface area contributed by atoms with Crippen LogP contribution in [0.2, 0.25) is 0 Å². The molecule has 0 atom stereocenters. The molecule has 0 radical (unpaired) electrons. The van der Waals surface area contributed by atoms with Crippen LogP contribution in [-0.4, -0.2) is 40.0 Å². The molecule has 7 nitrogen and oxygen atoms in total. The molecule has 0 spiro atoms. The maximum absolute atomic E-state index is 7.04. The van der Waals surface area contributed by atoms with Gasteiger partial charge in [-0.2, -0.15) is 9.78 Å². The van der Waals surface area contributed by atoms with Crippen molar-refractivity contribution in [2.24, 2.45) is 0 Å². The van der Waals surface area contributed by atoms with E-state index in [0.717, 1.165) is 45.3 Å². The molecule has 0 aliphatic carbocycles. The first-order chi connectivity index (χ1) is 20.0. The molecule has 1 saturated heterocycles. The quantitative estimate of drug-likeness (QED) is 0.188. The molecule has 4 aromatic rings. The van der Waals surface area contributed by atoms with Crippen LogP contribution < -0.4 is 18.9 Å². The lowest BCUT2D eigenvalue weighted by Gasteiger charge is -2.30. The topological polar surface area (TPSA) is 64.6 Å². The zero-order valence-corrected chi connectivity index (χ0v) is 23.9. The number of hydrogen-bond donors (Lipinski definition) is 0. The third-order valence-electron chi connectivity index (χ3n) is 7.15. The third-order valence-corrected chi connectivity index (χ3v) is 7.15. The van der Waals surface area contributed by atoms with Crippen LogP contribution in [-0.2, 0) is 40.2 Å². The fourth-order valence-electron chi connectivity index (χ4n) is 5.29. The van der Waals surface area contributed by atoms with E-state index in [0.29, 0.717) is 25.7 Å². The van der Waals surface area contributed by atoms with E-state index < -0.39 is 11.6 Å². The Labute approximate surface area is 241 Å². The Morgan fingerprint density at radius 3 is 0.951 bits per heavy atom. The first kappa shape index (κ1) is 28.5. The van der Waals surface area contributed by atoms with Gasteiger partial charge in [-0.3, -0.25) is 0 Å². The lowest BCUT2D eigenvalue weighted by molar-refractivity contribution is -0.350. The lowest BCUT2D eigenvalue weighted by Crippen LogP contribution is -2.42. The van der Waals surface area contributed by atoms with Crippen molar-refractivity contribution in [2.45, 2.75) is 37.3 Å². The summed E-state index contributed by atoms with van der Waals surface area (Å²) in [6.45, 7) is 0. The van der Waals surface area contributed by atoms with Crippen molar-refractivity contribution in [2.75, 3.05) is 28.4 Å². The highest BCUT2D eigenvalue weighted by Gasteiger charge is 2.53. The van der Waals surface area contributed by atoms with Gasteiger partial charge in [0.15, 0.2) is 0 Å². The van der Waals surface area contributed by atoms with Crippen molar-refractivity contribution in [3.8, 4) is 23.0 Å². The van der Waals surface area contributed by atoms with E-state index in [1.807, 2.05) is 97.1 Å². The Morgan fingerprint density at radius 2 is 0.707 bits per heavy atom. The fraction of sp³-hybridized carbons (Fsp3) is 0.294. The van der Waals surface area contributed by atoms with Crippen LogP contribution >= 0.6 is 0 Å². The summed E-state index contributed by atoms with van der Waals surface area (Å²) in [6, 6.07) is 31.6. The zero-order chi connectivity index (χ0) is 28.7. The Hall–Kier alpha value is -4.04. The van der Waals surface area contributed by atoms with Crippen molar-refractivity contribution in [3.05, 3.63) is 119 Å². The summed E-state index contributed by atoms with van der Waals surface area (Å²) >= 11 is 0. The molecule has 1 aliphatic rings. The summed E-state index contributed by atoms with van der Waals surface area (Å²) in [5.74, 6) is 0.787. The Bertz CT molecular complexity index is 1240. The third kappa shape index (κ3) is 7.00. The van der Waals surface area contributed by atoms with Crippen molar-refractivity contribution in [3.63, 3.8) is 0 Å². The van der Waals surface area contributed by atoms with Crippen LogP contribution in [0.25, 0.3) is 0 Å². The molecule has 7 heteroatoms. The van der Waals surface area contributed by atoms with Crippen molar-refractivity contribution in [1.82, 2.24) is 0 Å². The molecule has 0 bridgehead atoms. The normalized spacial score (nSPS) is 15.3. The average Bonchev–Trinajstić information content (AvgIpc) is 3.33. The monoisotopic (exact) mass is 556 g/mol. The predicted octanol–water partition coefficient (Wildman–Crippen LogP) is 6.36. The molecule has 41 heavy (non-hydrogen) atoms. The summed E-state index contributed by atoms with van der Waals surface area (Å²) in [6.07, 6.45) is 1.72. The summed E-state index contributed by atoms with van der Waals surface area (Å²) in [7, 11) is 6.63. The van der Waals surface area contributed by atoms with E-state index in [2.05, 4.69) is 0 Å². The summed E-state index contributed by atoms with van der Waals surface area (Å²) in [5, 5.41) is 0. The summed E-state index contributed by atoms with van der Waals surface area (Å²) in [5.41, 5.74) is 3.98. The SMILES string of the molecule is COc1cccc(CC2(Cc3cccc(OC)c3)OOC(Cc3cccc(OC)c3)(Cc3cccc(OC)c3)O2)c1.